The zero-order valence-corrected chi connectivity index (χ0v) is 4.55. The van der Waals surface area contributed by atoms with Gasteiger partial charge in [0.15, 0.2) is 0 Å². The van der Waals surface area contributed by atoms with Gasteiger partial charge < -0.3 is 0 Å². The maximum atomic E-state index is 9.53. The molecular weight excluding hydrogens is 127 g/mol. The molecule has 0 saturated heterocycles. The third-order valence-electron chi connectivity index (χ3n) is 0.238. The van der Waals surface area contributed by atoms with E-state index >= 15 is 0 Å². The summed E-state index contributed by atoms with van der Waals surface area (Å²) in [7, 11) is 0.972. The third-order valence-corrected chi connectivity index (χ3v) is 0.981. The van der Waals surface area contributed by atoms with Gasteiger partial charge in [0.25, 0.3) is 0 Å². The Kier molecular flexibility index (Phi) is 1.89. The van der Waals surface area contributed by atoms with E-state index in [2.05, 4.69) is 3.66 Å². The van der Waals surface area contributed by atoms with Crippen LogP contribution in [-0.4, -0.2) is 15.2 Å². The Morgan fingerprint density at radius 1 is 1.67 bits per heavy atom. The topological polar surface area (TPSA) is 66.8 Å². The van der Waals surface area contributed by atoms with E-state index in [1.165, 1.54) is 0 Å². The maximum absolute atomic E-state index is 9.53. The van der Waals surface area contributed by atoms with Crippen LogP contribution in [0.25, 0.3) is 0 Å². The van der Waals surface area contributed by atoms with Crippen LogP contribution in [0.3, 0.4) is 0 Å². The van der Waals surface area contributed by atoms with Crippen molar-refractivity contribution in [1.82, 2.24) is 0 Å². The van der Waals surface area contributed by atoms with Gasteiger partial charge in [0.2, 0.25) is 0 Å². The molecule has 0 aliphatic carbocycles. The second kappa shape index (κ2) is 1.81. The molecule has 0 aromatic heterocycles. The molecule has 0 aliphatic rings. The fourth-order valence-corrected chi connectivity index (χ4v) is 0. The van der Waals surface area contributed by atoms with Crippen molar-refractivity contribution in [1.29, 1.82) is 0 Å². The van der Waals surface area contributed by atoms with Crippen molar-refractivity contribution in [3.8, 4) is 0 Å². The molecule has 4 nitrogen and oxygen atoms in total. The van der Waals surface area contributed by atoms with Crippen molar-refractivity contribution in [2.75, 3.05) is 7.11 Å². The fraction of sp³-hybridized carbons (Fsp3) is 1.00. The van der Waals surface area contributed by atoms with Gasteiger partial charge in [-0.15, -0.1) is 0 Å². The van der Waals surface area contributed by atoms with Gasteiger partial charge in [-0.25, -0.2) is 0 Å². The predicted molar refractivity (Wildman–Crippen MR) is 12.1 cm³/mol. The zero-order chi connectivity index (χ0) is 5.21. The molecule has 6 heavy (non-hydrogen) atoms. The molecule has 0 spiro atoms. The van der Waals surface area contributed by atoms with Gasteiger partial charge >= 0.3 is 37.5 Å². The SMILES string of the molecule is C[O][V](=[O])([OH])[OH]. The molecule has 0 amide bonds. The molecule has 0 aromatic carbocycles. The molecule has 0 heterocycles. The van der Waals surface area contributed by atoms with E-state index in [1.54, 1.807) is 0 Å². The van der Waals surface area contributed by atoms with Crippen LogP contribution in [0.4, 0.5) is 0 Å². The van der Waals surface area contributed by atoms with Crippen molar-refractivity contribution in [2.24, 2.45) is 0 Å². The average Bonchev–Trinajstić information content (AvgIpc) is 1.35. The van der Waals surface area contributed by atoms with E-state index < -0.39 is 15.0 Å². The standard InChI is InChI=1S/CH3O.2H2O.O.V/c1-2;;;;/h1H3;2*1H2;;/q-1;;;;+3/p-2. The van der Waals surface area contributed by atoms with Crippen molar-refractivity contribution in [2.45, 2.75) is 0 Å². The Bertz CT molecular complexity index is 71.6. The molecule has 0 bridgehead atoms. The Hall–Kier alpha value is 0.264. The van der Waals surface area contributed by atoms with Crippen LogP contribution in [0, 0.1) is 0 Å². The molecule has 0 unspecified atom stereocenters. The second-order valence-corrected chi connectivity index (χ2v) is 2.78. The Balaban J connectivity index is 3.48. The Morgan fingerprint density at radius 3 is 1.83 bits per heavy atom. The number of hydrogen-bond donors (Lipinski definition) is 2. The van der Waals surface area contributed by atoms with Crippen molar-refractivity contribution in [3.63, 3.8) is 0 Å². The van der Waals surface area contributed by atoms with E-state index in [9.17, 15) is 3.67 Å². The van der Waals surface area contributed by atoms with Crippen LogP contribution in [0.5, 0.6) is 0 Å². The molecule has 0 aliphatic heterocycles. The molecule has 0 saturated carbocycles. The van der Waals surface area contributed by atoms with Crippen LogP contribution < -0.4 is 0 Å². The first-order valence-electron chi connectivity index (χ1n) is 1.17. The Morgan fingerprint density at radius 2 is 1.83 bits per heavy atom. The second-order valence-electron chi connectivity index (χ2n) is 0.673. The van der Waals surface area contributed by atoms with Gasteiger partial charge in [-0.05, 0) is 0 Å². The summed E-state index contributed by atoms with van der Waals surface area (Å²) in [5.74, 6) is 0. The summed E-state index contributed by atoms with van der Waals surface area (Å²) in [4.78, 5) is 0. The molecule has 38 valence electrons. The molecule has 0 fully saturated rings. The first-order chi connectivity index (χ1) is 2.56. The van der Waals surface area contributed by atoms with Crippen LogP contribution in [0.2, 0.25) is 0 Å². The summed E-state index contributed by atoms with van der Waals surface area (Å²) in [5.41, 5.74) is 0. The minimum atomic E-state index is -4.66. The van der Waals surface area contributed by atoms with Crippen LogP contribution in [0.1, 0.15) is 0 Å². The van der Waals surface area contributed by atoms with E-state index in [1.807, 2.05) is 0 Å². The normalized spacial score (nSPS) is 11.8. The molecule has 0 rings (SSSR count). The molecule has 0 aromatic rings. The first kappa shape index (κ1) is 6.26. The fourth-order valence-electron chi connectivity index (χ4n) is 0. The predicted octanol–water partition coefficient (Wildman–Crippen LogP) is -1.14. The van der Waals surface area contributed by atoms with Crippen molar-refractivity contribution < 1.29 is 30.4 Å². The van der Waals surface area contributed by atoms with E-state index in [4.69, 9.17) is 8.06 Å². The molecule has 0 atom stereocenters. The average molecular weight is 132 g/mol. The molecule has 5 heteroatoms. The Labute approximate surface area is 38.3 Å². The molecule has 2 N–H and O–H groups in total. The summed E-state index contributed by atoms with van der Waals surface area (Å²) in [5, 5.41) is 0. The van der Waals surface area contributed by atoms with Crippen LogP contribution in [0.15, 0.2) is 0 Å². The van der Waals surface area contributed by atoms with Gasteiger partial charge in [-0.1, -0.05) is 0 Å². The van der Waals surface area contributed by atoms with E-state index in [0.29, 0.717) is 0 Å². The first-order valence-corrected chi connectivity index (χ1v) is 3.56. The van der Waals surface area contributed by atoms with E-state index in [0.717, 1.165) is 7.11 Å². The summed E-state index contributed by atoms with van der Waals surface area (Å²) in [6.07, 6.45) is 0. The summed E-state index contributed by atoms with van der Waals surface area (Å²) >= 11 is -4.66. The van der Waals surface area contributed by atoms with Crippen LogP contribution in [-0.2, 0) is 22.4 Å². The zero-order valence-electron chi connectivity index (χ0n) is 3.16. The minimum absolute atomic E-state index is 0.972. The van der Waals surface area contributed by atoms with Gasteiger partial charge in [-0.2, -0.15) is 0 Å². The van der Waals surface area contributed by atoms with Crippen LogP contribution >= 0.6 is 0 Å². The quantitative estimate of drug-likeness (QED) is 0.473. The van der Waals surface area contributed by atoms with Gasteiger partial charge in [0.1, 0.15) is 0 Å². The number of rotatable bonds is 1. The monoisotopic (exact) mass is 132 g/mol. The molecular formula is CH5O4V. The van der Waals surface area contributed by atoms with E-state index in [-0.39, 0.29) is 0 Å². The third kappa shape index (κ3) is 4.26. The summed E-state index contributed by atoms with van der Waals surface area (Å²) in [6, 6.07) is 0. The summed E-state index contributed by atoms with van der Waals surface area (Å²) in [6.45, 7) is 0. The van der Waals surface area contributed by atoms with Crippen molar-refractivity contribution >= 4 is 0 Å². The number of hydrogen-bond acceptors (Lipinski definition) is 2. The van der Waals surface area contributed by atoms with Crippen molar-refractivity contribution in [3.05, 3.63) is 0 Å². The van der Waals surface area contributed by atoms with Gasteiger partial charge in [-0.3, -0.25) is 0 Å². The van der Waals surface area contributed by atoms with Gasteiger partial charge in [0.05, 0.1) is 0 Å². The van der Waals surface area contributed by atoms with Gasteiger partial charge in [0, 0.05) is 0 Å². The molecule has 0 radical (unpaired) electrons. The summed E-state index contributed by atoms with van der Waals surface area (Å²) < 4.78 is 28.8.